The van der Waals surface area contributed by atoms with E-state index < -0.39 is 10.0 Å². The van der Waals surface area contributed by atoms with Crippen molar-refractivity contribution in [2.75, 3.05) is 18.6 Å². The molecule has 1 heterocycles. The third-order valence-electron chi connectivity index (χ3n) is 5.44. The van der Waals surface area contributed by atoms with Gasteiger partial charge < -0.3 is 9.64 Å². The third-order valence-corrected chi connectivity index (χ3v) is 7.27. The molecule has 1 aliphatic heterocycles. The van der Waals surface area contributed by atoms with Gasteiger partial charge in [0.15, 0.2) is 0 Å². The van der Waals surface area contributed by atoms with Gasteiger partial charge in [-0.2, -0.15) is 4.31 Å². The van der Waals surface area contributed by atoms with E-state index in [1.54, 1.807) is 41.3 Å². The molecule has 0 aromatic heterocycles. The predicted octanol–water partition coefficient (Wildman–Crippen LogP) is 3.94. The van der Waals surface area contributed by atoms with Gasteiger partial charge in [0.05, 0.1) is 12.0 Å². The van der Waals surface area contributed by atoms with Crippen LogP contribution in [-0.4, -0.2) is 38.3 Å². The molecule has 0 N–H and O–H groups in total. The summed E-state index contributed by atoms with van der Waals surface area (Å²) in [4.78, 5) is 15.3. The highest BCUT2D eigenvalue weighted by atomic mass is 32.2. The SMILES string of the molecule is COc1ccc(S(=O)(=O)N2Cc3ccccc3N(C(=O)c3ccccc3)C(C)C2)cc1. The molecule has 0 saturated carbocycles. The van der Waals surface area contributed by atoms with E-state index in [1.807, 2.05) is 49.4 Å². The van der Waals surface area contributed by atoms with Gasteiger partial charge in [0.25, 0.3) is 5.91 Å². The number of sulfonamides is 1. The molecule has 0 spiro atoms. The van der Waals surface area contributed by atoms with Crippen LogP contribution in [0.5, 0.6) is 5.75 Å². The Bertz CT molecular complexity index is 1180. The molecular weight excluding hydrogens is 412 g/mol. The van der Waals surface area contributed by atoms with Gasteiger partial charge in [-0.3, -0.25) is 4.79 Å². The number of rotatable bonds is 4. The zero-order valence-electron chi connectivity index (χ0n) is 17.4. The number of hydrogen-bond donors (Lipinski definition) is 0. The van der Waals surface area contributed by atoms with E-state index in [1.165, 1.54) is 11.4 Å². The molecule has 3 aromatic rings. The minimum absolute atomic E-state index is 0.149. The van der Waals surface area contributed by atoms with Crippen LogP contribution in [0.25, 0.3) is 0 Å². The lowest BCUT2D eigenvalue weighted by atomic mass is 10.1. The monoisotopic (exact) mass is 436 g/mol. The van der Waals surface area contributed by atoms with Crippen LogP contribution in [0.1, 0.15) is 22.8 Å². The van der Waals surface area contributed by atoms with Gasteiger partial charge in [-0.05, 0) is 55.0 Å². The van der Waals surface area contributed by atoms with Crippen LogP contribution in [0.4, 0.5) is 5.69 Å². The molecule has 1 unspecified atom stereocenters. The maximum atomic E-state index is 13.4. The Morgan fingerprint density at radius 1 is 0.935 bits per heavy atom. The highest BCUT2D eigenvalue weighted by Gasteiger charge is 2.35. The fraction of sp³-hybridized carbons (Fsp3) is 0.208. The summed E-state index contributed by atoms with van der Waals surface area (Å²) in [5, 5.41) is 0. The molecule has 31 heavy (non-hydrogen) atoms. The first-order valence-electron chi connectivity index (χ1n) is 10.0. The van der Waals surface area contributed by atoms with Crippen LogP contribution in [0.2, 0.25) is 0 Å². The summed E-state index contributed by atoms with van der Waals surface area (Å²) in [5.41, 5.74) is 2.08. The van der Waals surface area contributed by atoms with E-state index in [2.05, 4.69) is 0 Å². The van der Waals surface area contributed by atoms with Gasteiger partial charge >= 0.3 is 0 Å². The number of fused-ring (bicyclic) bond motifs is 1. The van der Waals surface area contributed by atoms with Crippen molar-refractivity contribution in [1.29, 1.82) is 0 Å². The van der Waals surface area contributed by atoms with E-state index >= 15 is 0 Å². The largest absolute Gasteiger partial charge is 0.497 e. The van der Waals surface area contributed by atoms with Gasteiger partial charge in [0.2, 0.25) is 10.0 Å². The van der Waals surface area contributed by atoms with Crippen LogP contribution in [-0.2, 0) is 16.6 Å². The van der Waals surface area contributed by atoms with Crippen LogP contribution in [0, 0.1) is 0 Å². The normalized spacial score (nSPS) is 17.0. The van der Waals surface area contributed by atoms with E-state index in [-0.39, 0.29) is 29.9 Å². The van der Waals surface area contributed by atoms with Crippen molar-refractivity contribution in [3.05, 3.63) is 90.0 Å². The predicted molar refractivity (Wildman–Crippen MR) is 120 cm³/mol. The Balaban J connectivity index is 1.73. The summed E-state index contributed by atoms with van der Waals surface area (Å²) >= 11 is 0. The van der Waals surface area contributed by atoms with Gasteiger partial charge in [-0.1, -0.05) is 36.4 Å². The lowest BCUT2D eigenvalue weighted by Crippen LogP contribution is -2.44. The smallest absolute Gasteiger partial charge is 0.258 e. The second-order valence-corrected chi connectivity index (χ2v) is 9.43. The highest BCUT2D eigenvalue weighted by Crippen LogP contribution is 2.32. The summed E-state index contributed by atoms with van der Waals surface area (Å²) in [6, 6.07) is 22.5. The number of ether oxygens (including phenoxy) is 1. The summed E-state index contributed by atoms with van der Waals surface area (Å²) in [6.07, 6.45) is 0. The molecule has 4 rings (SSSR count). The average Bonchev–Trinajstić information content (AvgIpc) is 2.95. The van der Waals surface area contributed by atoms with Crippen LogP contribution in [0.15, 0.2) is 83.8 Å². The van der Waals surface area contributed by atoms with Gasteiger partial charge in [0.1, 0.15) is 5.75 Å². The number of methoxy groups -OCH3 is 1. The van der Waals surface area contributed by atoms with Crippen molar-refractivity contribution >= 4 is 21.6 Å². The third kappa shape index (κ3) is 4.06. The molecule has 0 bridgehead atoms. The van der Waals surface area contributed by atoms with Crippen molar-refractivity contribution in [2.45, 2.75) is 24.4 Å². The topological polar surface area (TPSA) is 66.9 Å². The Morgan fingerprint density at radius 2 is 1.58 bits per heavy atom. The summed E-state index contributed by atoms with van der Waals surface area (Å²) < 4.78 is 33.4. The van der Waals surface area contributed by atoms with Gasteiger partial charge in [-0.25, -0.2) is 8.42 Å². The lowest BCUT2D eigenvalue weighted by Gasteiger charge is -2.30. The number of anilines is 1. The van der Waals surface area contributed by atoms with E-state index in [4.69, 9.17) is 4.74 Å². The first-order valence-corrected chi connectivity index (χ1v) is 11.5. The Hall–Kier alpha value is -3.16. The molecule has 3 aromatic carbocycles. The number of carbonyl (C=O) groups excluding carboxylic acids is 1. The highest BCUT2D eigenvalue weighted by molar-refractivity contribution is 7.89. The van der Waals surface area contributed by atoms with Crippen molar-refractivity contribution in [2.24, 2.45) is 0 Å². The fourth-order valence-corrected chi connectivity index (χ4v) is 5.36. The number of nitrogens with zero attached hydrogens (tertiary/aromatic N) is 2. The van der Waals surface area contributed by atoms with Crippen LogP contribution in [0.3, 0.4) is 0 Å². The van der Waals surface area contributed by atoms with Crippen LogP contribution >= 0.6 is 0 Å². The van der Waals surface area contributed by atoms with Gasteiger partial charge in [0, 0.05) is 30.4 Å². The van der Waals surface area contributed by atoms with Crippen molar-refractivity contribution < 1.29 is 17.9 Å². The number of para-hydroxylation sites is 1. The second-order valence-electron chi connectivity index (χ2n) is 7.49. The molecule has 1 atom stereocenters. The van der Waals surface area contributed by atoms with E-state index in [0.29, 0.717) is 11.3 Å². The second kappa shape index (κ2) is 8.53. The van der Waals surface area contributed by atoms with Crippen molar-refractivity contribution in [1.82, 2.24) is 4.31 Å². The molecule has 6 nitrogen and oxygen atoms in total. The molecule has 0 radical (unpaired) electrons. The number of hydrogen-bond acceptors (Lipinski definition) is 4. The first kappa shape index (κ1) is 21.1. The standard InChI is InChI=1S/C24H24N2O4S/c1-18-16-25(31(28,29)22-14-12-21(30-2)13-15-22)17-20-10-6-7-11-23(20)26(18)24(27)19-8-4-3-5-9-19/h3-15,18H,16-17H2,1-2H3. The van der Waals surface area contributed by atoms with Crippen molar-refractivity contribution in [3.63, 3.8) is 0 Å². The summed E-state index contributed by atoms with van der Waals surface area (Å²) in [5.74, 6) is 0.442. The Morgan fingerprint density at radius 3 is 2.26 bits per heavy atom. The summed E-state index contributed by atoms with van der Waals surface area (Å²) in [6.45, 7) is 2.24. The molecular formula is C24H24N2O4S. The maximum absolute atomic E-state index is 13.4. The minimum Gasteiger partial charge on any atom is -0.497 e. The summed E-state index contributed by atoms with van der Waals surface area (Å²) in [7, 11) is -2.22. The fourth-order valence-electron chi connectivity index (χ4n) is 3.86. The molecule has 0 saturated heterocycles. The molecule has 160 valence electrons. The number of carbonyl (C=O) groups is 1. The quantitative estimate of drug-likeness (QED) is 0.621. The molecule has 0 aliphatic carbocycles. The molecule has 1 aliphatic rings. The zero-order chi connectivity index (χ0) is 22.0. The van der Waals surface area contributed by atoms with Crippen LogP contribution < -0.4 is 9.64 Å². The number of amides is 1. The molecule has 1 amide bonds. The Labute approximate surface area is 182 Å². The maximum Gasteiger partial charge on any atom is 0.258 e. The number of benzene rings is 3. The minimum atomic E-state index is -3.76. The lowest BCUT2D eigenvalue weighted by molar-refractivity contribution is 0.0977. The van der Waals surface area contributed by atoms with E-state index in [9.17, 15) is 13.2 Å². The molecule has 7 heteroatoms. The van der Waals surface area contributed by atoms with Gasteiger partial charge in [-0.15, -0.1) is 0 Å². The zero-order valence-corrected chi connectivity index (χ0v) is 18.2. The van der Waals surface area contributed by atoms with E-state index in [0.717, 1.165) is 11.3 Å². The van der Waals surface area contributed by atoms with Crippen molar-refractivity contribution in [3.8, 4) is 5.75 Å². The average molecular weight is 437 g/mol. The molecule has 0 fully saturated rings. The Kier molecular flexibility index (Phi) is 5.80. The first-order chi connectivity index (χ1) is 14.9.